The molecule has 0 unspecified atom stereocenters. The third-order valence-corrected chi connectivity index (χ3v) is 5.10. The zero-order valence-electron chi connectivity index (χ0n) is 14.9. The van der Waals surface area contributed by atoms with Crippen LogP contribution in [-0.2, 0) is 12.1 Å². The molecular formula is C21H27NO2. The van der Waals surface area contributed by atoms with E-state index >= 15 is 0 Å². The van der Waals surface area contributed by atoms with Gasteiger partial charge in [0, 0.05) is 25.2 Å². The number of aryl methyl sites for hydroxylation is 2. The van der Waals surface area contributed by atoms with Crippen molar-refractivity contribution in [2.24, 2.45) is 0 Å². The van der Waals surface area contributed by atoms with Gasteiger partial charge in [-0.05, 0) is 38.3 Å². The monoisotopic (exact) mass is 325 g/mol. The summed E-state index contributed by atoms with van der Waals surface area (Å²) in [5.74, 6) is 0.944. The molecule has 0 saturated carbocycles. The highest BCUT2D eigenvalue weighted by atomic mass is 16.5. The standard InChI is InChI=1S/C21H27NO2/c1-16-4-7-19(8-5-16)21(23)10-12-22(13-11-21)15-18-14-17(2)6-9-20(18)24-3/h4-9,14,23H,10-13,15H2,1-3H3. The summed E-state index contributed by atoms with van der Waals surface area (Å²) in [6.07, 6.45) is 1.54. The predicted octanol–water partition coefficient (Wildman–Crippen LogP) is 3.80. The van der Waals surface area contributed by atoms with Gasteiger partial charge < -0.3 is 9.84 Å². The Morgan fingerprint density at radius 1 is 1.00 bits per heavy atom. The Morgan fingerprint density at radius 3 is 2.25 bits per heavy atom. The maximum atomic E-state index is 11.0. The summed E-state index contributed by atoms with van der Waals surface area (Å²) in [7, 11) is 1.72. The van der Waals surface area contributed by atoms with Crippen LogP contribution in [0, 0.1) is 13.8 Å². The fourth-order valence-electron chi connectivity index (χ4n) is 3.51. The number of hydrogen-bond acceptors (Lipinski definition) is 3. The number of nitrogens with zero attached hydrogens (tertiary/aromatic N) is 1. The van der Waals surface area contributed by atoms with Crippen molar-refractivity contribution in [1.82, 2.24) is 4.90 Å². The molecule has 0 spiro atoms. The quantitative estimate of drug-likeness (QED) is 0.928. The van der Waals surface area contributed by atoms with Crippen LogP contribution in [0.15, 0.2) is 42.5 Å². The Labute approximate surface area is 144 Å². The number of aliphatic hydroxyl groups is 1. The average Bonchev–Trinajstić information content (AvgIpc) is 2.58. The second kappa shape index (κ2) is 6.96. The molecule has 1 N–H and O–H groups in total. The minimum Gasteiger partial charge on any atom is -0.496 e. The van der Waals surface area contributed by atoms with E-state index in [0.29, 0.717) is 0 Å². The molecule has 3 nitrogen and oxygen atoms in total. The van der Waals surface area contributed by atoms with Crippen molar-refractivity contribution in [2.75, 3.05) is 20.2 Å². The Balaban J connectivity index is 1.67. The molecule has 0 aliphatic carbocycles. The summed E-state index contributed by atoms with van der Waals surface area (Å²) >= 11 is 0. The van der Waals surface area contributed by atoms with Crippen molar-refractivity contribution in [1.29, 1.82) is 0 Å². The van der Waals surface area contributed by atoms with Gasteiger partial charge in [-0.1, -0.05) is 47.5 Å². The van der Waals surface area contributed by atoms with Gasteiger partial charge >= 0.3 is 0 Å². The number of ether oxygens (including phenoxy) is 1. The van der Waals surface area contributed by atoms with Crippen LogP contribution in [0.4, 0.5) is 0 Å². The molecular weight excluding hydrogens is 298 g/mol. The zero-order valence-corrected chi connectivity index (χ0v) is 14.9. The number of methoxy groups -OCH3 is 1. The molecule has 1 saturated heterocycles. The predicted molar refractivity (Wildman–Crippen MR) is 97.3 cm³/mol. The molecule has 0 aromatic heterocycles. The highest BCUT2D eigenvalue weighted by Gasteiger charge is 2.33. The fourth-order valence-corrected chi connectivity index (χ4v) is 3.51. The molecule has 0 bridgehead atoms. The molecule has 24 heavy (non-hydrogen) atoms. The number of likely N-dealkylation sites (tertiary alicyclic amines) is 1. The van der Waals surface area contributed by atoms with Gasteiger partial charge in [0.05, 0.1) is 12.7 Å². The third kappa shape index (κ3) is 3.63. The van der Waals surface area contributed by atoms with Crippen molar-refractivity contribution in [2.45, 2.75) is 38.8 Å². The average molecular weight is 325 g/mol. The zero-order chi connectivity index (χ0) is 17.2. The van der Waals surface area contributed by atoms with Gasteiger partial charge in [0.25, 0.3) is 0 Å². The molecule has 2 aromatic carbocycles. The number of rotatable bonds is 4. The summed E-state index contributed by atoms with van der Waals surface area (Å²) in [5.41, 5.74) is 4.05. The van der Waals surface area contributed by atoms with Gasteiger partial charge in [-0.25, -0.2) is 0 Å². The summed E-state index contributed by atoms with van der Waals surface area (Å²) in [4.78, 5) is 2.40. The van der Waals surface area contributed by atoms with Crippen LogP contribution >= 0.6 is 0 Å². The molecule has 1 aliphatic heterocycles. The minimum absolute atomic E-state index is 0.694. The molecule has 2 aromatic rings. The van der Waals surface area contributed by atoms with Crippen molar-refractivity contribution in [3.63, 3.8) is 0 Å². The molecule has 3 heteroatoms. The lowest BCUT2D eigenvalue weighted by Crippen LogP contribution is -2.42. The first-order valence-electron chi connectivity index (χ1n) is 8.65. The molecule has 0 amide bonds. The van der Waals surface area contributed by atoms with Crippen LogP contribution < -0.4 is 4.74 Å². The number of hydrogen-bond donors (Lipinski definition) is 1. The van der Waals surface area contributed by atoms with E-state index in [9.17, 15) is 5.11 Å². The first-order valence-corrected chi connectivity index (χ1v) is 8.65. The molecule has 3 rings (SSSR count). The molecule has 128 valence electrons. The van der Waals surface area contributed by atoms with Crippen LogP contribution in [0.2, 0.25) is 0 Å². The first kappa shape index (κ1) is 17.0. The maximum absolute atomic E-state index is 11.0. The van der Waals surface area contributed by atoms with E-state index in [1.54, 1.807) is 7.11 Å². The molecule has 1 heterocycles. The van der Waals surface area contributed by atoms with Crippen LogP contribution in [0.3, 0.4) is 0 Å². The van der Waals surface area contributed by atoms with Crippen molar-refractivity contribution in [3.8, 4) is 5.75 Å². The van der Waals surface area contributed by atoms with E-state index in [2.05, 4.69) is 55.1 Å². The highest BCUT2D eigenvalue weighted by Crippen LogP contribution is 2.34. The Morgan fingerprint density at radius 2 is 1.62 bits per heavy atom. The largest absolute Gasteiger partial charge is 0.496 e. The van der Waals surface area contributed by atoms with Crippen LogP contribution in [0.5, 0.6) is 5.75 Å². The summed E-state index contributed by atoms with van der Waals surface area (Å²) < 4.78 is 5.49. The second-order valence-corrected chi connectivity index (χ2v) is 6.99. The molecule has 1 fully saturated rings. The molecule has 0 atom stereocenters. The van der Waals surface area contributed by atoms with Crippen LogP contribution in [0.25, 0.3) is 0 Å². The SMILES string of the molecule is COc1ccc(C)cc1CN1CCC(O)(c2ccc(C)cc2)CC1. The minimum atomic E-state index is -0.694. The lowest BCUT2D eigenvalue weighted by Gasteiger charge is -2.38. The number of benzene rings is 2. The maximum Gasteiger partial charge on any atom is 0.123 e. The van der Waals surface area contributed by atoms with Crippen molar-refractivity contribution >= 4 is 0 Å². The lowest BCUT2D eigenvalue weighted by molar-refractivity contribution is -0.0278. The van der Waals surface area contributed by atoms with Gasteiger partial charge in [-0.3, -0.25) is 4.90 Å². The normalized spacial score (nSPS) is 17.7. The van der Waals surface area contributed by atoms with E-state index in [1.165, 1.54) is 16.7 Å². The lowest BCUT2D eigenvalue weighted by atomic mass is 9.84. The summed E-state index contributed by atoms with van der Waals surface area (Å²) in [6.45, 7) is 6.83. The first-order chi connectivity index (χ1) is 11.5. The van der Waals surface area contributed by atoms with Crippen LogP contribution in [0.1, 0.15) is 35.1 Å². The van der Waals surface area contributed by atoms with Crippen molar-refractivity contribution in [3.05, 3.63) is 64.7 Å². The summed E-state index contributed by atoms with van der Waals surface area (Å²) in [6, 6.07) is 14.6. The Kier molecular flexibility index (Phi) is 4.93. The van der Waals surface area contributed by atoms with Crippen LogP contribution in [-0.4, -0.2) is 30.2 Å². The van der Waals surface area contributed by atoms with Gasteiger partial charge in [0.1, 0.15) is 5.75 Å². The van der Waals surface area contributed by atoms with E-state index in [-0.39, 0.29) is 0 Å². The Hall–Kier alpha value is -1.84. The topological polar surface area (TPSA) is 32.7 Å². The third-order valence-electron chi connectivity index (χ3n) is 5.10. The number of piperidine rings is 1. The highest BCUT2D eigenvalue weighted by molar-refractivity contribution is 5.37. The summed E-state index contributed by atoms with van der Waals surface area (Å²) in [5, 5.41) is 11.0. The van der Waals surface area contributed by atoms with Gasteiger partial charge in [0.2, 0.25) is 0 Å². The van der Waals surface area contributed by atoms with Gasteiger partial charge in [-0.15, -0.1) is 0 Å². The Bertz CT molecular complexity index is 685. The smallest absolute Gasteiger partial charge is 0.123 e. The second-order valence-electron chi connectivity index (χ2n) is 6.99. The van der Waals surface area contributed by atoms with Gasteiger partial charge in [-0.2, -0.15) is 0 Å². The van der Waals surface area contributed by atoms with Crippen molar-refractivity contribution < 1.29 is 9.84 Å². The molecule has 1 aliphatic rings. The van der Waals surface area contributed by atoms with E-state index in [1.807, 2.05) is 6.07 Å². The fraction of sp³-hybridized carbons (Fsp3) is 0.429. The molecule has 0 radical (unpaired) electrons. The van der Waals surface area contributed by atoms with E-state index < -0.39 is 5.60 Å². The van der Waals surface area contributed by atoms with E-state index in [0.717, 1.165) is 43.8 Å². The van der Waals surface area contributed by atoms with E-state index in [4.69, 9.17) is 4.74 Å². The van der Waals surface area contributed by atoms with Gasteiger partial charge in [0.15, 0.2) is 0 Å².